The van der Waals surface area contributed by atoms with E-state index in [0.29, 0.717) is 6.42 Å². The normalized spacial score (nSPS) is 11.9. The zero-order chi connectivity index (χ0) is 12.1. The van der Waals surface area contributed by atoms with Crippen molar-refractivity contribution in [2.75, 3.05) is 4.90 Å². The molecule has 0 aliphatic heterocycles. The molecule has 0 saturated carbocycles. The van der Waals surface area contributed by atoms with Crippen LogP contribution in [0.15, 0.2) is 42.5 Å². The number of hydrogen-bond donors (Lipinski definition) is 0. The molecule has 0 bridgehead atoms. The minimum absolute atomic E-state index is 0.0369. The van der Waals surface area contributed by atoms with Crippen LogP contribution in [-0.4, -0.2) is 11.9 Å². The largest absolute Gasteiger partial charge is 0.306 e. The molecule has 0 radical (unpaired) electrons. The van der Waals surface area contributed by atoms with Gasteiger partial charge in [-0.2, -0.15) is 0 Å². The van der Waals surface area contributed by atoms with Crippen LogP contribution in [0.3, 0.4) is 0 Å². The van der Waals surface area contributed by atoms with Gasteiger partial charge in [0.15, 0.2) is 0 Å². The molecule has 0 aliphatic carbocycles. The summed E-state index contributed by atoms with van der Waals surface area (Å²) in [5, 5.41) is 0. The molecule has 1 rings (SSSR count). The molecule has 0 saturated heterocycles. The van der Waals surface area contributed by atoms with E-state index in [0.717, 1.165) is 11.3 Å². The number of carbonyl (C=O) groups excluding carboxylic acids is 1. The van der Waals surface area contributed by atoms with E-state index in [-0.39, 0.29) is 11.9 Å². The Kier molecular flexibility index (Phi) is 4.29. The fraction of sp³-hybridized carbons (Fsp3) is 0.357. The number of para-hydroxylation sites is 1. The van der Waals surface area contributed by atoms with Gasteiger partial charge >= 0.3 is 0 Å². The standard InChI is InChI=1S/C14H19NO/c1-5-14(16)15(12(4)11(2)3)13-9-7-6-8-10-13/h6-10,12H,2,5H2,1,3-4H3. The van der Waals surface area contributed by atoms with Crippen LogP contribution in [0.25, 0.3) is 0 Å². The van der Waals surface area contributed by atoms with Crippen molar-refractivity contribution in [3.63, 3.8) is 0 Å². The van der Waals surface area contributed by atoms with Gasteiger partial charge in [-0.25, -0.2) is 0 Å². The Morgan fingerprint density at radius 1 is 1.38 bits per heavy atom. The van der Waals surface area contributed by atoms with Gasteiger partial charge in [0, 0.05) is 12.1 Å². The van der Waals surface area contributed by atoms with E-state index >= 15 is 0 Å². The second kappa shape index (κ2) is 5.50. The van der Waals surface area contributed by atoms with Gasteiger partial charge in [0.05, 0.1) is 6.04 Å². The van der Waals surface area contributed by atoms with Gasteiger partial charge in [0.25, 0.3) is 0 Å². The van der Waals surface area contributed by atoms with Crippen molar-refractivity contribution in [2.45, 2.75) is 33.2 Å². The van der Waals surface area contributed by atoms with Crippen LogP contribution in [0.1, 0.15) is 27.2 Å². The average Bonchev–Trinajstić information content (AvgIpc) is 2.30. The first-order valence-electron chi connectivity index (χ1n) is 5.60. The lowest BCUT2D eigenvalue weighted by Crippen LogP contribution is -2.38. The molecule has 0 spiro atoms. The molecule has 2 heteroatoms. The molecule has 1 amide bonds. The third-order valence-corrected chi connectivity index (χ3v) is 2.71. The van der Waals surface area contributed by atoms with Gasteiger partial charge in [-0.15, -0.1) is 0 Å². The molecule has 2 nitrogen and oxygen atoms in total. The zero-order valence-corrected chi connectivity index (χ0v) is 10.2. The maximum atomic E-state index is 11.9. The molecule has 1 aromatic rings. The molecule has 1 unspecified atom stereocenters. The Bertz CT molecular complexity index is 370. The summed E-state index contributed by atoms with van der Waals surface area (Å²) < 4.78 is 0. The fourth-order valence-electron chi connectivity index (χ4n) is 1.56. The van der Waals surface area contributed by atoms with Crippen molar-refractivity contribution in [2.24, 2.45) is 0 Å². The van der Waals surface area contributed by atoms with Crippen LogP contribution in [-0.2, 0) is 4.79 Å². The predicted molar refractivity (Wildman–Crippen MR) is 68.5 cm³/mol. The first-order valence-corrected chi connectivity index (χ1v) is 5.60. The van der Waals surface area contributed by atoms with Crippen LogP contribution in [0.4, 0.5) is 5.69 Å². The SMILES string of the molecule is C=C(C)C(C)N(C(=O)CC)c1ccccc1. The number of nitrogens with zero attached hydrogens (tertiary/aromatic N) is 1. The average molecular weight is 217 g/mol. The Hall–Kier alpha value is -1.57. The van der Waals surface area contributed by atoms with E-state index in [1.165, 1.54) is 0 Å². The lowest BCUT2D eigenvalue weighted by Gasteiger charge is -2.29. The van der Waals surface area contributed by atoms with Crippen molar-refractivity contribution in [1.82, 2.24) is 0 Å². The Morgan fingerprint density at radius 2 is 1.94 bits per heavy atom. The highest BCUT2D eigenvalue weighted by Gasteiger charge is 2.20. The highest BCUT2D eigenvalue weighted by Crippen LogP contribution is 2.20. The molecule has 0 aliphatic rings. The van der Waals surface area contributed by atoms with E-state index in [1.54, 1.807) is 0 Å². The Morgan fingerprint density at radius 3 is 2.38 bits per heavy atom. The maximum Gasteiger partial charge on any atom is 0.227 e. The molecular formula is C14H19NO. The summed E-state index contributed by atoms with van der Waals surface area (Å²) in [5.41, 5.74) is 1.93. The van der Waals surface area contributed by atoms with Crippen LogP contribution < -0.4 is 4.90 Å². The fourth-order valence-corrected chi connectivity index (χ4v) is 1.56. The minimum Gasteiger partial charge on any atom is -0.306 e. The first-order chi connectivity index (χ1) is 7.57. The zero-order valence-electron chi connectivity index (χ0n) is 10.2. The molecule has 0 fully saturated rings. The monoisotopic (exact) mass is 217 g/mol. The van der Waals surface area contributed by atoms with Crippen LogP contribution in [0.2, 0.25) is 0 Å². The van der Waals surface area contributed by atoms with E-state index in [1.807, 2.05) is 56.0 Å². The second-order valence-electron chi connectivity index (χ2n) is 3.98. The summed E-state index contributed by atoms with van der Waals surface area (Å²) in [5.74, 6) is 0.127. The molecule has 0 aromatic heterocycles. The first kappa shape index (κ1) is 12.5. The summed E-state index contributed by atoms with van der Waals surface area (Å²) in [6.45, 7) is 9.75. The predicted octanol–water partition coefficient (Wildman–Crippen LogP) is 3.39. The smallest absolute Gasteiger partial charge is 0.227 e. The van der Waals surface area contributed by atoms with Crippen LogP contribution in [0.5, 0.6) is 0 Å². The van der Waals surface area contributed by atoms with Crippen molar-refractivity contribution in [3.8, 4) is 0 Å². The highest BCUT2D eigenvalue weighted by atomic mass is 16.2. The molecular weight excluding hydrogens is 198 g/mol. The summed E-state index contributed by atoms with van der Waals surface area (Å²) >= 11 is 0. The number of rotatable bonds is 4. The van der Waals surface area contributed by atoms with Crippen molar-refractivity contribution < 1.29 is 4.79 Å². The molecule has 16 heavy (non-hydrogen) atoms. The number of carbonyl (C=O) groups is 1. The van der Waals surface area contributed by atoms with Gasteiger partial charge in [-0.05, 0) is 26.0 Å². The van der Waals surface area contributed by atoms with Crippen molar-refractivity contribution in [1.29, 1.82) is 0 Å². The lowest BCUT2D eigenvalue weighted by molar-refractivity contribution is -0.118. The van der Waals surface area contributed by atoms with Gasteiger partial charge < -0.3 is 4.90 Å². The highest BCUT2D eigenvalue weighted by molar-refractivity contribution is 5.94. The van der Waals surface area contributed by atoms with Gasteiger partial charge in [0.2, 0.25) is 5.91 Å². The number of hydrogen-bond acceptors (Lipinski definition) is 1. The summed E-state index contributed by atoms with van der Waals surface area (Å²) in [6, 6.07) is 9.77. The van der Waals surface area contributed by atoms with E-state index in [9.17, 15) is 4.79 Å². The van der Waals surface area contributed by atoms with Gasteiger partial charge in [-0.3, -0.25) is 4.79 Å². The summed E-state index contributed by atoms with van der Waals surface area (Å²) in [4.78, 5) is 13.8. The number of amides is 1. The van der Waals surface area contributed by atoms with Crippen LogP contribution >= 0.6 is 0 Å². The summed E-state index contributed by atoms with van der Waals surface area (Å²) in [7, 11) is 0. The van der Waals surface area contributed by atoms with Gasteiger partial charge in [-0.1, -0.05) is 37.3 Å². The topological polar surface area (TPSA) is 20.3 Å². The Labute approximate surface area is 97.6 Å². The van der Waals surface area contributed by atoms with Crippen molar-refractivity contribution in [3.05, 3.63) is 42.5 Å². The number of benzene rings is 1. The van der Waals surface area contributed by atoms with E-state index < -0.39 is 0 Å². The number of anilines is 1. The molecule has 0 N–H and O–H groups in total. The van der Waals surface area contributed by atoms with E-state index in [2.05, 4.69) is 6.58 Å². The molecule has 1 atom stereocenters. The van der Waals surface area contributed by atoms with Gasteiger partial charge in [0.1, 0.15) is 0 Å². The van der Waals surface area contributed by atoms with E-state index in [4.69, 9.17) is 0 Å². The third kappa shape index (κ3) is 2.72. The second-order valence-corrected chi connectivity index (χ2v) is 3.98. The lowest BCUT2D eigenvalue weighted by atomic mass is 10.1. The quantitative estimate of drug-likeness (QED) is 0.708. The van der Waals surface area contributed by atoms with Crippen molar-refractivity contribution >= 4 is 11.6 Å². The molecule has 0 heterocycles. The van der Waals surface area contributed by atoms with Crippen LogP contribution in [0, 0.1) is 0 Å². The molecule has 86 valence electrons. The molecule has 1 aromatic carbocycles. The third-order valence-electron chi connectivity index (χ3n) is 2.71. The minimum atomic E-state index is 0.0369. The Balaban J connectivity index is 3.06. The summed E-state index contributed by atoms with van der Waals surface area (Å²) in [6.07, 6.45) is 0.506. The maximum absolute atomic E-state index is 11.9.